The van der Waals surface area contributed by atoms with Crippen LogP contribution in [0.4, 0.5) is 0 Å². The van der Waals surface area contributed by atoms with Crippen LogP contribution in [0.15, 0.2) is 60.8 Å². The van der Waals surface area contributed by atoms with Crippen LogP contribution in [0, 0.1) is 6.92 Å². The smallest absolute Gasteiger partial charge is 0.354 e. The van der Waals surface area contributed by atoms with Gasteiger partial charge in [-0.1, -0.05) is 56.3 Å². The number of benzene rings is 2. The molecule has 0 radical (unpaired) electrons. The Balaban J connectivity index is 1.94. The molecule has 1 heterocycles. The summed E-state index contributed by atoms with van der Waals surface area (Å²) in [6, 6.07) is 18.7. The van der Waals surface area contributed by atoms with Crippen molar-refractivity contribution in [1.82, 2.24) is 4.57 Å². The minimum atomic E-state index is -0.262. The number of nitrogens with zero attached hydrogens (tertiary/aromatic N) is 1. The van der Waals surface area contributed by atoms with Gasteiger partial charge in [-0.3, -0.25) is 0 Å². The second kappa shape index (κ2) is 10.5. The molecular formula is C28H35NO3. The number of carbonyl (C=O) groups is 1. The van der Waals surface area contributed by atoms with E-state index in [0.717, 1.165) is 41.8 Å². The van der Waals surface area contributed by atoms with Gasteiger partial charge in [0.15, 0.2) is 0 Å². The van der Waals surface area contributed by atoms with Crippen molar-refractivity contribution in [2.45, 2.75) is 66.0 Å². The topological polar surface area (TPSA) is 40.5 Å². The molecule has 1 aromatic heterocycles. The zero-order chi connectivity index (χ0) is 23.1. The molecule has 2 aromatic carbocycles. The molecule has 0 amide bonds. The van der Waals surface area contributed by atoms with Crippen molar-refractivity contribution >= 4 is 5.97 Å². The molecule has 0 saturated heterocycles. The summed E-state index contributed by atoms with van der Waals surface area (Å²) in [5, 5.41) is 0. The van der Waals surface area contributed by atoms with Gasteiger partial charge < -0.3 is 14.0 Å². The van der Waals surface area contributed by atoms with E-state index in [2.05, 4.69) is 64.2 Å². The summed E-state index contributed by atoms with van der Waals surface area (Å²) in [7, 11) is 0. The predicted molar refractivity (Wildman–Crippen MR) is 129 cm³/mol. The van der Waals surface area contributed by atoms with Crippen LogP contribution in [0.3, 0.4) is 0 Å². The third-order valence-electron chi connectivity index (χ3n) is 6.45. The van der Waals surface area contributed by atoms with Gasteiger partial charge in [-0.2, -0.15) is 0 Å². The van der Waals surface area contributed by atoms with E-state index < -0.39 is 0 Å². The number of aryl methyl sites for hydroxylation is 2. The lowest BCUT2D eigenvalue weighted by atomic mass is 9.71. The first-order valence-corrected chi connectivity index (χ1v) is 11.6. The van der Waals surface area contributed by atoms with Gasteiger partial charge in [0.1, 0.15) is 18.1 Å². The Kier molecular flexibility index (Phi) is 7.79. The largest absolute Gasteiger partial charge is 0.489 e. The molecule has 3 rings (SSSR count). The predicted octanol–water partition coefficient (Wildman–Crippen LogP) is 6.68. The molecular weight excluding hydrogens is 398 g/mol. The number of ether oxygens (including phenoxy) is 2. The van der Waals surface area contributed by atoms with Gasteiger partial charge in [0.25, 0.3) is 0 Å². The summed E-state index contributed by atoms with van der Waals surface area (Å²) in [6.45, 7) is 12.1. The molecule has 0 fully saturated rings. The lowest BCUT2D eigenvalue weighted by Gasteiger charge is -2.32. The maximum absolute atomic E-state index is 12.5. The fraction of sp³-hybridized carbons (Fsp3) is 0.393. The highest BCUT2D eigenvalue weighted by Crippen LogP contribution is 2.41. The van der Waals surface area contributed by atoms with Crippen molar-refractivity contribution in [3.63, 3.8) is 0 Å². The van der Waals surface area contributed by atoms with Gasteiger partial charge in [0, 0.05) is 18.2 Å². The van der Waals surface area contributed by atoms with Crippen LogP contribution in [0.5, 0.6) is 5.75 Å². The van der Waals surface area contributed by atoms with E-state index in [1.54, 1.807) is 0 Å². The fourth-order valence-corrected chi connectivity index (χ4v) is 4.49. The summed E-state index contributed by atoms with van der Waals surface area (Å²) in [5.74, 6) is 0.639. The highest BCUT2D eigenvalue weighted by molar-refractivity contribution is 5.88. The highest BCUT2D eigenvalue weighted by Gasteiger charge is 2.33. The average Bonchev–Trinajstić information content (AvgIpc) is 3.25. The quantitative estimate of drug-likeness (QED) is 0.335. The average molecular weight is 434 g/mol. The van der Waals surface area contributed by atoms with E-state index in [4.69, 9.17) is 9.47 Å². The molecule has 0 N–H and O–H groups in total. The third kappa shape index (κ3) is 4.74. The summed E-state index contributed by atoms with van der Waals surface area (Å²) in [4.78, 5) is 12.5. The van der Waals surface area contributed by atoms with Crippen LogP contribution in [-0.2, 0) is 23.3 Å². The number of hydrogen-bond acceptors (Lipinski definition) is 3. The van der Waals surface area contributed by atoms with Crippen LogP contribution >= 0.6 is 0 Å². The van der Waals surface area contributed by atoms with Gasteiger partial charge in [-0.25, -0.2) is 4.79 Å². The number of hydrogen-bond donors (Lipinski definition) is 0. The summed E-state index contributed by atoms with van der Waals surface area (Å²) < 4.78 is 13.4. The Labute approximate surface area is 192 Å². The van der Waals surface area contributed by atoms with E-state index >= 15 is 0 Å². The molecule has 0 unspecified atom stereocenters. The molecule has 0 aliphatic heterocycles. The molecule has 0 bridgehead atoms. The van der Waals surface area contributed by atoms with Crippen molar-refractivity contribution in [2.75, 3.05) is 6.61 Å². The van der Waals surface area contributed by atoms with E-state index in [1.165, 1.54) is 5.56 Å². The van der Waals surface area contributed by atoms with Crippen LogP contribution in [0.2, 0.25) is 0 Å². The lowest BCUT2D eigenvalue weighted by Crippen LogP contribution is -2.25. The van der Waals surface area contributed by atoms with Crippen LogP contribution in [0.25, 0.3) is 0 Å². The summed E-state index contributed by atoms with van der Waals surface area (Å²) in [6.07, 6.45) is 3.99. The van der Waals surface area contributed by atoms with E-state index in [-0.39, 0.29) is 11.4 Å². The zero-order valence-electron chi connectivity index (χ0n) is 20.0. The van der Waals surface area contributed by atoms with Crippen molar-refractivity contribution in [1.29, 1.82) is 0 Å². The Bertz CT molecular complexity index is 1030. The number of carbonyl (C=O) groups excluding carboxylic acids is 1. The Hall–Kier alpha value is -3.01. The molecule has 170 valence electrons. The van der Waals surface area contributed by atoms with Gasteiger partial charge in [0.2, 0.25) is 0 Å². The molecule has 32 heavy (non-hydrogen) atoms. The van der Waals surface area contributed by atoms with Crippen LogP contribution < -0.4 is 4.74 Å². The molecule has 4 heteroatoms. The maximum Gasteiger partial charge on any atom is 0.354 e. The molecule has 0 saturated carbocycles. The normalized spacial score (nSPS) is 11.4. The Morgan fingerprint density at radius 2 is 1.66 bits per heavy atom. The lowest BCUT2D eigenvalue weighted by molar-refractivity contribution is 0.0514. The highest BCUT2D eigenvalue weighted by atomic mass is 16.5. The van der Waals surface area contributed by atoms with Crippen molar-refractivity contribution in [3.8, 4) is 5.75 Å². The molecule has 3 aromatic rings. The first kappa shape index (κ1) is 23.6. The minimum Gasteiger partial charge on any atom is -0.489 e. The zero-order valence-corrected chi connectivity index (χ0v) is 20.0. The molecule has 4 nitrogen and oxygen atoms in total. The van der Waals surface area contributed by atoms with E-state index in [0.29, 0.717) is 18.9 Å². The van der Waals surface area contributed by atoms with Crippen molar-refractivity contribution in [2.24, 2.45) is 0 Å². The second-order valence-electron chi connectivity index (χ2n) is 8.16. The molecule has 0 atom stereocenters. The van der Waals surface area contributed by atoms with Gasteiger partial charge in [-0.15, -0.1) is 0 Å². The Morgan fingerprint density at radius 1 is 0.938 bits per heavy atom. The fourth-order valence-electron chi connectivity index (χ4n) is 4.49. The second-order valence-corrected chi connectivity index (χ2v) is 8.16. The van der Waals surface area contributed by atoms with Gasteiger partial charge in [-0.05, 0) is 68.0 Å². The number of esters is 1. The Morgan fingerprint density at radius 3 is 2.25 bits per heavy atom. The summed E-state index contributed by atoms with van der Waals surface area (Å²) >= 11 is 0. The molecule has 0 spiro atoms. The van der Waals surface area contributed by atoms with Gasteiger partial charge >= 0.3 is 5.97 Å². The molecule has 0 aliphatic carbocycles. The molecule has 0 aliphatic rings. The minimum absolute atomic E-state index is 0.176. The monoisotopic (exact) mass is 433 g/mol. The first-order valence-electron chi connectivity index (χ1n) is 11.6. The first-order chi connectivity index (χ1) is 15.5. The van der Waals surface area contributed by atoms with E-state index in [1.807, 2.05) is 35.8 Å². The van der Waals surface area contributed by atoms with E-state index in [9.17, 15) is 4.79 Å². The van der Waals surface area contributed by atoms with Gasteiger partial charge in [0.05, 0.1) is 6.61 Å². The third-order valence-corrected chi connectivity index (χ3v) is 6.45. The summed E-state index contributed by atoms with van der Waals surface area (Å²) in [5.41, 5.74) is 5.12. The number of rotatable bonds is 10. The van der Waals surface area contributed by atoms with Crippen molar-refractivity contribution < 1.29 is 14.3 Å². The maximum atomic E-state index is 12.5. The number of aromatic nitrogens is 1. The SMILES string of the molecule is CCOC(=O)c1cc(C(CC)(CC)c2ccc(OCc3ccccc3)c(C)c2)cn1CC. The van der Waals surface area contributed by atoms with Crippen LogP contribution in [0.1, 0.15) is 73.3 Å². The standard InChI is InChI=1S/C28H35NO3/c1-6-28(7-2,24-18-25(27(30)31-9-4)29(8-3)19-24)23-15-16-26(21(5)17-23)32-20-22-13-11-10-12-14-22/h10-19H,6-9,20H2,1-5H3. The van der Waals surface area contributed by atoms with Crippen LogP contribution in [-0.4, -0.2) is 17.1 Å². The van der Waals surface area contributed by atoms with Crippen molar-refractivity contribution in [3.05, 3.63) is 88.7 Å².